The summed E-state index contributed by atoms with van der Waals surface area (Å²) in [6, 6.07) is 4.52. The van der Waals surface area contributed by atoms with Crippen molar-refractivity contribution in [2.24, 2.45) is 11.8 Å². The lowest BCUT2D eigenvalue weighted by Gasteiger charge is -2.46. The van der Waals surface area contributed by atoms with Gasteiger partial charge < -0.3 is 14.6 Å². The fourth-order valence-electron chi connectivity index (χ4n) is 4.26. The maximum Gasteiger partial charge on any atom is 0.161 e. The molecule has 3 rings (SSSR count). The maximum atomic E-state index is 10.6. The molecule has 1 aromatic carbocycles. The Morgan fingerprint density at radius 2 is 1.91 bits per heavy atom. The molecule has 0 radical (unpaired) electrons. The highest BCUT2D eigenvalue weighted by molar-refractivity contribution is 5.49. The Hall–Kier alpha value is -1.26. The fraction of sp³-hybridized carbons (Fsp3) is 0.684. The molecule has 3 atom stereocenters. The average molecular weight is 319 g/mol. The highest BCUT2D eigenvalue weighted by atomic mass is 16.5. The second-order valence-electron chi connectivity index (χ2n) is 7.36. The Morgan fingerprint density at radius 3 is 2.57 bits per heavy atom. The molecule has 0 saturated carbocycles. The number of piperidine rings is 1. The van der Waals surface area contributed by atoms with Crippen LogP contribution in [0.5, 0.6) is 11.5 Å². The van der Waals surface area contributed by atoms with Crippen molar-refractivity contribution in [2.75, 3.05) is 27.3 Å². The number of ether oxygens (including phenoxy) is 2. The molecule has 128 valence electrons. The third-order valence-electron chi connectivity index (χ3n) is 5.37. The number of nitrogens with zero attached hydrogens (tertiary/aromatic N) is 1. The van der Waals surface area contributed by atoms with Gasteiger partial charge in [0.15, 0.2) is 11.5 Å². The van der Waals surface area contributed by atoms with Crippen LogP contribution in [0.25, 0.3) is 0 Å². The van der Waals surface area contributed by atoms with Gasteiger partial charge in [-0.25, -0.2) is 0 Å². The van der Waals surface area contributed by atoms with Gasteiger partial charge in [0, 0.05) is 19.1 Å². The van der Waals surface area contributed by atoms with E-state index in [1.807, 2.05) is 0 Å². The lowest BCUT2D eigenvalue weighted by Crippen LogP contribution is -2.48. The van der Waals surface area contributed by atoms with Crippen LogP contribution in [0.15, 0.2) is 12.1 Å². The summed E-state index contributed by atoms with van der Waals surface area (Å²) in [6.45, 7) is 6.54. The predicted molar refractivity (Wildman–Crippen MR) is 91.1 cm³/mol. The monoisotopic (exact) mass is 319 g/mol. The standard InChI is InChI=1S/C19H29NO3/c1-12(2)7-14-11-20-6-5-13-8-18(22-3)19(23-4)9-15(13)16(20)10-17(14)21/h8-9,12,14,16-17,21H,5-7,10-11H2,1-4H3/t14-,16+,17+/m0/s1. The zero-order chi connectivity index (χ0) is 16.6. The number of benzene rings is 1. The van der Waals surface area contributed by atoms with Gasteiger partial charge in [0.1, 0.15) is 0 Å². The number of hydrogen-bond donors (Lipinski definition) is 1. The van der Waals surface area contributed by atoms with E-state index in [-0.39, 0.29) is 6.10 Å². The molecule has 0 aromatic heterocycles. The van der Waals surface area contributed by atoms with Gasteiger partial charge in [-0.2, -0.15) is 0 Å². The molecular weight excluding hydrogens is 290 g/mol. The fourth-order valence-corrected chi connectivity index (χ4v) is 4.26. The van der Waals surface area contributed by atoms with E-state index >= 15 is 0 Å². The second-order valence-corrected chi connectivity index (χ2v) is 7.36. The Balaban J connectivity index is 1.87. The smallest absolute Gasteiger partial charge is 0.161 e. The zero-order valence-corrected chi connectivity index (χ0v) is 14.7. The first-order valence-electron chi connectivity index (χ1n) is 8.70. The van der Waals surface area contributed by atoms with Gasteiger partial charge in [0.2, 0.25) is 0 Å². The van der Waals surface area contributed by atoms with E-state index in [0.29, 0.717) is 17.9 Å². The van der Waals surface area contributed by atoms with E-state index in [9.17, 15) is 5.11 Å². The molecule has 4 heteroatoms. The van der Waals surface area contributed by atoms with Crippen LogP contribution in [0.3, 0.4) is 0 Å². The van der Waals surface area contributed by atoms with Crippen LogP contribution < -0.4 is 9.47 Å². The molecule has 2 aliphatic rings. The predicted octanol–water partition coefficient (Wildman–Crippen LogP) is 3.03. The van der Waals surface area contributed by atoms with Crippen LogP contribution in [0.4, 0.5) is 0 Å². The molecule has 1 saturated heterocycles. The summed E-state index contributed by atoms with van der Waals surface area (Å²) in [5.41, 5.74) is 2.63. The lowest BCUT2D eigenvalue weighted by molar-refractivity contribution is -0.0191. The van der Waals surface area contributed by atoms with Crippen LogP contribution >= 0.6 is 0 Å². The van der Waals surface area contributed by atoms with Crippen LogP contribution in [0.1, 0.15) is 43.9 Å². The Kier molecular flexibility index (Phi) is 4.83. The number of rotatable bonds is 4. The Morgan fingerprint density at radius 1 is 1.22 bits per heavy atom. The first kappa shape index (κ1) is 16.6. The van der Waals surface area contributed by atoms with E-state index in [1.54, 1.807) is 14.2 Å². The summed E-state index contributed by atoms with van der Waals surface area (Å²) in [4.78, 5) is 2.55. The number of hydrogen-bond acceptors (Lipinski definition) is 4. The van der Waals surface area contributed by atoms with Crippen molar-refractivity contribution in [1.82, 2.24) is 4.90 Å². The summed E-state index contributed by atoms with van der Waals surface area (Å²) >= 11 is 0. The topological polar surface area (TPSA) is 41.9 Å². The van der Waals surface area contributed by atoms with Gasteiger partial charge in [0.25, 0.3) is 0 Å². The maximum absolute atomic E-state index is 10.6. The minimum Gasteiger partial charge on any atom is -0.493 e. The van der Waals surface area contributed by atoms with Gasteiger partial charge in [-0.15, -0.1) is 0 Å². The highest BCUT2D eigenvalue weighted by Gasteiger charge is 2.38. The van der Waals surface area contributed by atoms with Gasteiger partial charge in [-0.05, 0) is 54.4 Å². The molecule has 0 unspecified atom stereocenters. The number of methoxy groups -OCH3 is 2. The summed E-state index contributed by atoms with van der Waals surface area (Å²) in [7, 11) is 3.36. The van der Waals surface area contributed by atoms with Crippen molar-refractivity contribution in [3.8, 4) is 11.5 Å². The molecular formula is C19H29NO3. The molecule has 1 aromatic rings. The number of aliphatic hydroxyl groups excluding tert-OH is 1. The minimum atomic E-state index is -0.210. The summed E-state index contributed by atoms with van der Waals surface area (Å²) < 4.78 is 10.9. The van der Waals surface area contributed by atoms with Crippen molar-refractivity contribution in [1.29, 1.82) is 0 Å². The van der Waals surface area contributed by atoms with Crippen molar-refractivity contribution in [3.05, 3.63) is 23.3 Å². The van der Waals surface area contributed by atoms with Crippen LogP contribution in [0, 0.1) is 11.8 Å². The third kappa shape index (κ3) is 3.20. The normalized spacial score (nSPS) is 27.5. The van der Waals surface area contributed by atoms with Crippen LogP contribution in [-0.2, 0) is 6.42 Å². The zero-order valence-electron chi connectivity index (χ0n) is 14.7. The minimum absolute atomic E-state index is 0.210. The molecule has 0 aliphatic carbocycles. The molecule has 1 N–H and O–H groups in total. The van der Waals surface area contributed by atoms with Gasteiger partial charge in [0.05, 0.1) is 20.3 Å². The van der Waals surface area contributed by atoms with Crippen molar-refractivity contribution in [2.45, 2.75) is 45.3 Å². The molecule has 23 heavy (non-hydrogen) atoms. The molecule has 0 amide bonds. The summed E-state index contributed by atoms with van der Waals surface area (Å²) in [6.07, 6.45) is 2.75. The van der Waals surface area contributed by atoms with E-state index in [2.05, 4.69) is 30.9 Å². The largest absolute Gasteiger partial charge is 0.493 e. The average Bonchev–Trinajstić information content (AvgIpc) is 2.53. The SMILES string of the molecule is COc1cc2c(cc1OC)[C@H]1C[C@@H](O)[C@@H](CC(C)C)CN1CC2. The molecule has 2 aliphatic heterocycles. The lowest BCUT2D eigenvalue weighted by atomic mass is 9.79. The second kappa shape index (κ2) is 6.70. The first-order valence-corrected chi connectivity index (χ1v) is 8.70. The Bertz CT molecular complexity index is 558. The summed E-state index contributed by atoms with van der Waals surface area (Å²) in [5.74, 6) is 2.61. The molecule has 1 fully saturated rings. The van der Waals surface area contributed by atoms with Crippen LogP contribution in [0.2, 0.25) is 0 Å². The van der Waals surface area contributed by atoms with E-state index in [1.165, 1.54) is 11.1 Å². The third-order valence-corrected chi connectivity index (χ3v) is 5.37. The quantitative estimate of drug-likeness (QED) is 0.926. The van der Waals surface area contributed by atoms with E-state index in [0.717, 1.165) is 43.9 Å². The highest BCUT2D eigenvalue weighted by Crippen LogP contribution is 2.43. The van der Waals surface area contributed by atoms with Crippen molar-refractivity contribution < 1.29 is 14.6 Å². The van der Waals surface area contributed by atoms with Gasteiger partial charge in [-0.1, -0.05) is 13.8 Å². The number of fused-ring (bicyclic) bond motifs is 3. The van der Waals surface area contributed by atoms with Crippen LogP contribution in [-0.4, -0.2) is 43.4 Å². The van der Waals surface area contributed by atoms with Gasteiger partial charge >= 0.3 is 0 Å². The first-order chi connectivity index (χ1) is 11.0. The van der Waals surface area contributed by atoms with E-state index in [4.69, 9.17) is 9.47 Å². The van der Waals surface area contributed by atoms with Gasteiger partial charge in [-0.3, -0.25) is 4.90 Å². The molecule has 0 bridgehead atoms. The Labute approximate surface area is 139 Å². The van der Waals surface area contributed by atoms with Crippen molar-refractivity contribution >= 4 is 0 Å². The molecule has 4 nitrogen and oxygen atoms in total. The van der Waals surface area contributed by atoms with Crippen molar-refractivity contribution in [3.63, 3.8) is 0 Å². The molecule has 2 heterocycles. The summed E-state index contributed by atoms with van der Waals surface area (Å²) in [5, 5.41) is 10.6. The van der Waals surface area contributed by atoms with E-state index < -0.39 is 0 Å². The molecule has 0 spiro atoms. The number of aliphatic hydroxyl groups is 1.